The van der Waals surface area contributed by atoms with E-state index in [2.05, 4.69) is 5.32 Å². The molecule has 1 aromatic carbocycles. The molecule has 0 aliphatic carbocycles. The van der Waals surface area contributed by atoms with Crippen molar-refractivity contribution >= 4 is 11.7 Å². The van der Waals surface area contributed by atoms with E-state index in [0.29, 0.717) is 45.2 Å². The van der Waals surface area contributed by atoms with Gasteiger partial charge in [0.2, 0.25) is 0 Å². The van der Waals surface area contributed by atoms with Gasteiger partial charge in [0.25, 0.3) is 0 Å². The number of urea groups is 1. The third-order valence-corrected chi connectivity index (χ3v) is 5.01. The van der Waals surface area contributed by atoms with Gasteiger partial charge in [-0.15, -0.1) is 0 Å². The van der Waals surface area contributed by atoms with Crippen molar-refractivity contribution in [3.8, 4) is 0 Å². The summed E-state index contributed by atoms with van der Waals surface area (Å²) in [6.07, 6.45) is -4.48. The summed E-state index contributed by atoms with van der Waals surface area (Å²) >= 11 is 0. The average molecular weight is 386 g/mol. The second-order valence-corrected chi connectivity index (χ2v) is 7.23. The molecule has 0 aromatic heterocycles. The average Bonchev–Trinajstić information content (AvgIpc) is 2.57. The van der Waals surface area contributed by atoms with Crippen molar-refractivity contribution in [1.82, 2.24) is 4.90 Å². The number of anilines is 1. The van der Waals surface area contributed by atoms with Crippen molar-refractivity contribution in [3.63, 3.8) is 0 Å². The minimum Gasteiger partial charge on any atom is -0.381 e. The fourth-order valence-electron chi connectivity index (χ4n) is 3.64. The molecule has 2 amide bonds. The fraction of sp³-hybridized carbons (Fsp3) is 0.611. The Labute approximate surface area is 154 Å². The van der Waals surface area contributed by atoms with Crippen LogP contribution in [0.2, 0.25) is 0 Å². The zero-order valence-corrected chi connectivity index (χ0v) is 14.6. The van der Waals surface area contributed by atoms with Crippen LogP contribution in [-0.2, 0) is 26.8 Å². The Morgan fingerprint density at radius 1 is 1.11 bits per heavy atom. The number of carbonyl (C=O) groups excluding carboxylic acids is 1. The number of benzene rings is 1. The highest BCUT2D eigenvalue weighted by Gasteiger charge is 2.36. The number of rotatable bonds is 3. The maximum absolute atomic E-state index is 13.3. The molecule has 4 rings (SSSR count). The molecule has 3 heterocycles. The van der Waals surface area contributed by atoms with Crippen LogP contribution in [0.15, 0.2) is 18.2 Å². The lowest BCUT2D eigenvalue weighted by molar-refractivity contribution is -0.170. The zero-order valence-electron chi connectivity index (χ0n) is 14.6. The maximum atomic E-state index is 13.3. The number of carbonyl (C=O) groups is 1. The van der Waals surface area contributed by atoms with Crippen LogP contribution < -0.4 is 5.32 Å². The number of fused-ring (bicyclic) bond motifs is 2. The van der Waals surface area contributed by atoms with Gasteiger partial charge in [-0.3, -0.25) is 0 Å². The standard InChI is InChI=1S/C18H21F3N2O4/c19-18(20,21)16-2-1-13(4-12(16)3-11-7-25-8-11)22-17(24)23-5-14-9-26-10-15(6-23)27-14/h1-2,4,11,14-15H,3,5-10H2,(H,22,24). The monoisotopic (exact) mass is 386 g/mol. The quantitative estimate of drug-likeness (QED) is 0.867. The second kappa shape index (κ2) is 7.29. The Kier molecular flexibility index (Phi) is 5.00. The molecule has 1 aromatic rings. The lowest BCUT2D eigenvalue weighted by atomic mass is 9.93. The van der Waals surface area contributed by atoms with E-state index in [1.807, 2.05) is 0 Å². The van der Waals surface area contributed by atoms with E-state index in [0.717, 1.165) is 6.07 Å². The van der Waals surface area contributed by atoms with Gasteiger partial charge in [0.1, 0.15) is 0 Å². The van der Waals surface area contributed by atoms with Gasteiger partial charge in [0.05, 0.1) is 57.3 Å². The van der Waals surface area contributed by atoms with Crippen molar-refractivity contribution in [2.75, 3.05) is 44.8 Å². The molecule has 0 saturated carbocycles. The molecule has 0 spiro atoms. The van der Waals surface area contributed by atoms with Crippen LogP contribution in [0.4, 0.5) is 23.7 Å². The summed E-state index contributed by atoms with van der Waals surface area (Å²) in [5.41, 5.74) is -0.123. The first kappa shape index (κ1) is 18.5. The molecule has 27 heavy (non-hydrogen) atoms. The first-order valence-corrected chi connectivity index (χ1v) is 8.95. The van der Waals surface area contributed by atoms with Gasteiger partial charge in [0.15, 0.2) is 0 Å². The van der Waals surface area contributed by atoms with Crippen LogP contribution in [0.3, 0.4) is 0 Å². The van der Waals surface area contributed by atoms with Crippen LogP contribution in [0.5, 0.6) is 0 Å². The summed E-state index contributed by atoms with van der Waals surface area (Å²) in [5.74, 6) is 0.0793. The molecular formula is C18H21F3N2O4. The number of halogens is 3. The molecule has 1 N–H and O–H groups in total. The van der Waals surface area contributed by atoms with E-state index in [9.17, 15) is 18.0 Å². The van der Waals surface area contributed by atoms with E-state index in [1.54, 1.807) is 4.90 Å². The van der Waals surface area contributed by atoms with Gasteiger partial charge >= 0.3 is 12.2 Å². The number of amides is 2. The van der Waals surface area contributed by atoms with Crippen molar-refractivity contribution in [2.24, 2.45) is 5.92 Å². The molecule has 3 aliphatic rings. The van der Waals surface area contributed by atoms with Gasteiger partial charge in [-0.2, -0.15) is 13.2 Å². The van der Waals surface area contributed by atoms with Crippen LogP contribution in [0.1, 0.15) is 11.1 Å². The summed E-state index contributed by atoms with van der Waals surface area (Å²) in [6, 6.07) is 3.41. The molecule has 6 nitrogen and oxygen atoms in total. The van der Waals surface area contributed by atoms with Gasteiger partial charge in [-0.25, -0.2) is 4.79 Å². The SMILES string of the molecule is O=C(Nc1ccc(C(F)(F)F)c(CC2COC2)c1)N1CC2COCC(C1)O2. The normalized spacial score (nSPS) is 25.8. The van der Waals surface area contributed by atoms with Crippen LogP contribution in [0.25, 0.3) is 0 Å². The molecule has 3 aliphatic heterocycles. The number of morpholine rings is 1. The zero-order chi connectivity index (χ0) is 19.0. The molecule has 3 saturated heterocycles. The number of alkyl halides is 3. The van der Waals surface area contributed by atoms with Gasteiger partial charge < -0.3 is 24.4 Å². The molecule has 9 heteroatoms. The smallest absolute Gasteiger partial charge is 0.381 e. The highest BCUT2D eigenvalue weighted by Crippen LogP contribution is 2.35. The lowest BCUT2D eigenvalue weighted by Crippen LogP contribution is -2.56. The number of nitrogens with one attached hydrogen (secondary N) is 1. The van der Waals surface area contributed by atoms with Crippen molar-refractivity contribution in [1.29, 1.82) is 0 Å². The molecule has 0 radical (unpaired) electrons. The van der Waals surface area contributed by atoms with Crippen molar-refractivity contribution < 1.29 is 32.2 Å². The van der Waals surface area contributed by atoms with Gasteiger partial charge in [-0.1, -0.05) is 0 Å². The summed E-state index contributed by atoms with van der Waals surface area (Å²) < 4.78 is 56.0. The second-order valence-electron chi connectivity index (χ2n) is 7.23. The first-order valence-electron chi connectivity index (χ1n) is 8.95. The molecule has 2 bridgehead atoms. The molecular weight excluding hydrogens is 365 g/mol. The highest BCUT2D eigenvalue weighted by molar-refractivity contribution is 5.89. The molecule has 148 valence electrons. The Hall–Kier alpha value is -1.84. The minimum atomic E-state index is -4.43. The Balaban J connectivity index is 1.47. The first-order chi connectivity index (χ1) is 12.9. The fourth-order valence-corrected chi connectivity index (χ4v) is 3.64. The predicted molar refractivity (Wildman–Crippen MR) is 89.5 cm³/mol. The number of ether oxygens (including phenoxy) is 3. The Morgan fingerprint density at radius 2 is 1.78 bits per heavy atom. The van der Waals surface area contributed by atoms with Crippen LogP contribution >= 0.6 is 0 Å². The Bertz CT molecular complexity index is 696. The molecule has 2 unspecified atom stereocenters. The molecule has 2 atom stereocenters. The largest absolute Gasteiger partial charge is 0.416 e. The topological polar surface area (TPSA) is 60.0 Å². The number of hydrogen-bond donors (Lipinski definition) is 1. The van der Waals surface area contributed by atoms with E-state index in [4.69, 9.17) is 14.2 Å². The predicted octanol–water partition coefficient (Wildman–Crippen LogP) is 2.53. The number of nitrogens with zero attached hydrogens (tertiary/aromatic N) is 1. The van der Waals surface area contributed by atoms with Gasteiger partial charge in [0, 0.05) is 11.6 Å². The number of hydrogen-bond acceptors (Lipinski definition) is 4. The third kappa shape index (κ3) is 4.20. The summed E-state index contributed by atoms with van der Waals surface area (Å²) in [6.45, 7) is 2.60. The van der Waals surface area contributed by atoms with E-state index >= 15 is 0 Å². The summed E-state index contributed by atoms with van der Waals surface area (Å²) in [5, 5.41) is 2.72. The summed E-state index contributed by atoms with van der Waals surface area (Å²) in [4.78, 5) is 14.2. The van der Waals surface area contributed by atoms with Gasteiger partial charge in [-0.05, 0) is 30.2 Å². The summed E-state index contributed by atoms with van der Waals surface area (Å²) in [7, 11) is 0. The maximum Gasteiger partial charge on any atom is 0.416 e. The highest BCUT2D eigenvalue weighted by atomic mass is 19.4. The van der Waals surface area contributed by atoms with E-state index < -0.39 is 11.7 Å². The minimum absolute atomic E-state index is 0.0793. The van der Waals surface area contributed by atoms with E-state index in [1.165, 1.54) is 12.1 Å². The van der Waals surface area contributed by atoms with Crippen molar-refractivity contribution in [2.45, 2.75) is 24.8 Å². The molecule has 3 fully saturated rings. The third-order valence-electron chi connectivity index (χ3n) is 5.01. The Morgan fingerprint density at radius 3 is 2.37 bits per heavy atom. The van der Waals surface area contributed by atoms with Crippen LogP contribution in [0, 0.1) is 5.92 Å². The van der Waals surface area contributed by atoms with Crippen LogP contribution in [-0.4, -0.2) is 62.7 Å². The lowest BCUT2D eigenvalue weighted by Gasteiger charge is -2.41. The van der Waals surface area contributed by atoms with E-state index in [-0.39, 0.29) is 36.1 Å². The van der Waals surface area contributed by atoms with Crippen molar-refractivity contribution in [3.05, 3.63) is 29.3 Å².